The first-order valence-electron chi connectivity index (χ1n) is 11.2. The highest BCUT2D eigenvalue weighted by molar-refractivity contribution is 7.84. The van der Waals surface area contributed by atoms with Crippen LogP contribution in [0.1, 0.15) is 33.6 Å². The van der Waals surface area contributed by atoms with Crippen LogP contribution in [0.3, 0.4) is 0 Å². The molecule has 2 aromatic heterocycles. The zero-order valence-corrected chi connectivity index (χ0v) is 20.3. The van der Waals surface area contributed by atoms with Crippen molar-refractivity contribution in [2.75, 3.05) is 11.9 Å². The van der Waals surface area contributed by atoms with Gasteiger partial charge in [-0.2, -0.15) is 26.7 Å². The van der Waals surface area contributed by atoms with Crippen molar-refractivity contribution in [2.24, 2.45) is 11.1 Å². The molecule has 5 N–H and O–H groups in total. The van der Waals surface area contributed by atoms with Crippen molar-refractivity contribution in [3.8, 4) is 0 Å². The van der Waals surface area contributed by atoms with Gasteiger partial charge in [-0.15, -0.1) is 0 Å². The van der Waals surface area contributed by atoms with E-state index in [-0.39, 0.29) is 30.0 Å². The number of hydrogen-bond acceptors (Lipinski definition) is 10. The van der Waals surface area contributed by atoms with Crippen LogP contribution in [-0.2, 0) is 27.2 Å². The van der Waals surface area contributed by atoms with Gasteiger partial charge in [0.05, 0.1) is 36.4 Å². The van der Waals surface area contributed by atoms with E-state index in [9.17, 15) is 36.6 Å². The van der Waals surface area contributed by atoms with E-state index >= 15 is 0 Å². The van der Waals surface area contributed by atoms with E-state index in [4.69, 9.17) is 5.14 Å². The predicted octanol–water partition coefficient (Wildman–Crippen LogP) is 0.714. The summed E-state index contributed by atoms with van der Waals surface area (Å²) in [5, 5.41) is 32.6. The lowest BCUT2D eigenvalue weighted by Crippen LogP contribution is -2.36. The molecule has 0 unspecified atom stereocenters. The minimum Gasteiger partial charge on any atom is -0.390 e. The summed E-state index contributed by atoms with van der Waals surface area (Å²) in [5.41, 5.74) is -0.204. The topological polar surface area (TPSA) is 183 Å². The van der Waals surface area contributed by atoms with Crippen molar-refractivity contribution in [3.05, 3.63) is 71.4 Å². The van der Waals surface area contributed by atoms with Gasteiger partial charge in [0.2, 0.25) is 5.78 Å². The summed E-state index contributed by atoms with van der Waals surface area (Å²) in [5.74, 6) is -1.28. The third kappa shape index (κ3) is 6.51. The molecule has 0 radical (unpaired) electrons. The zero-order chi connectivity index (χ0) is 27.7. The van der Waals surface area contributed by atoms with Crippen LogP contribution in [0, 0.1) is 5.92 Å². The minimum absolute atomic E-state index is 0.0122. The highest BCUT2D eigenvalue weighted by Crippen LogP contribution is 2.31. The maximum atomic E-state index is 13.2. The summed E-state index contributed by atoms with van der Waals surface area (Å²) in [6.45, 7) is -0.322. The Balaban J connectivity index is 1.45. The van der Waals surface area contributed by atoms with Crippen LogP contribution in [0.5, 0.6) is 0 Å². The molecule has 1 aliphatic rings. The number of nitrogens with zero attached hydrogens (tertiary/aromatic N) is 4. The summed E-state index contributed by atoms with van der Waals surface area (Å²) in [4.78, 5) is 21.1. The quantitative estimate of drug-likeness (QED) is 0.274. The van der Waals surface area contributed by atoms with Gasteiger partial charge in [0.15, 0.2) is 0 Å². The van der Waals surface area contributed by atoms with E-state index < -0.39 is 58.6 Å². The first kappa shape index (κ1) is 27.6. The van der Waals surface area contributed by atoms with Crippen LogP contribution < -0.4 is 10.5 Å². The molecule has 2 heterocycles. The Kier molecular flexibility index (Phi) is 7.80. The molecule has 0 aliphatic heterocycles. The summed E-state index contributed by atoms with van der Waals surface area (Å²) in [6.07, 6.45) is -3.11. The first-order valence-corrected chi connectivity index (χ1v) is 12.6. The summed E-state index contributed by atoms with van der Waals surface area (Å²) in [7, 11) is -4.24. The van der Waals surface area contributed by atoms with Gasteiger partial charge in [-0.05, 0) is 30.2 Å². The standard InChI is InChI=1S/C22H23F3N6O6S/c23-22(24,25)14-3-1-12(2-4-14)9-31-6-5-16(30-31)19(33)15-8-27-11-28-21(15)29-17-7-13(18(32)20(17)34)10-37-38(26,35)36/h1-6,8,11,13,17-18,20,32,34H,7,9-10H2,(H2,26,35,36)(H,27,28,29)/t13-,17-,18-,20+/m1/s1. The van der Waals surface area contributed by atoms with Gasteiger partial charge in [-0.1, -0.05) is 12.1 Å². The van der Waals surface area contributed by atoms with Crippen molar-refractivity contribution in [2.45, 2.75) is 37.4 Å². The number of rotatable bonds is 9. The smallest absolute Gasteiger partial charge is 0.390 e. The van der Waals surface area contributed by atoms with E-state index in [0.29, 0.717) is 5.56 Å². The molecule has 0 bridgehead atoms. The number of carbonyl (C=O) groups is 1. The maximum Gasteiger partial charge on any atom is 0.416 e. The lowest BCUT2D eigenvalue weighted by Gasteiger charge is -2.19. The molecule has 1 aliphatic carbocycles. The maximum absolute atomic E-state index is 13.2. The molecule has 12 nitrogen and oxygen atoms in total. The lowest BCUT2D eigenvalue weighted by molar-refractivity contribution is -0.137. The second-order valence-corrected chi connectivity index (χ2v) is 9.93. The molecule has 3 aromatic rings. The monoisotopic (exact) mass is 556 g/mol. The summed E-state index contributed by atoms with van der Waals surface area (Å²) < 4.78 is 66.3. The Morgan fingerprint density at radius 1 is 1.18 bits per heavy atom. The number of aliphatic hydroxyl groups excluding tert-OH is 2. The van der Waals surface area contributed by atoms with Crippen molar-refractivity contribution in [1.82, 2.24) is 19.7 Å². The average Bonchev–Trinajstić information content (AvgIpc) is 3.42. The molecule has 1 aromatic carbocycles. The fourth-order valence-electron chi connectivity index (χ4n) is 4.10. The number of aromatic nitrogens is 4. The Morgan fingerprint density at radius 2 is 1.89 bits per heavy atom. The van der Waals surface area contributed by atoms with Gasteiger partial charge >= 0.3 is 16.5 Å². The lowest BCUT2D eigenvalue weighted by atomic mass is 10.1. The zero-order valence-electron chi connectivity index (χ0n) is 19.5. The fraction of sp³-hybridized carbons (Fsp3) is 0.364. The molecule has 1 fully saturated rings. The number of hydrogen-bond donors (Lipinski definition) is 4. The van der Waals surface area contributed by atoms with Crippen molar-refractivity contribution in [1.29, 1.82) is 0 Å². The highest BCUT2D eigenvalue weighted by atomic mass is 32.2. The number of alkyl halides is 3. The Morgan fingerprint density at radius 3 is 2.55 bits per heavy atom. The van der Waals surface area contributed by atoms with Gasteiger partial charge in [-0.3, -0.25) is 13.7 Å². The van der Waals surface area contributed by atoms with Crippen molar-refractivity contribution in [3.63, 3.8) is 0 Å². The van der Waals surface area contributed by atoms with Crippen molar-refractivity contribution >= 4 is 21.9 Å². The number of carbonyl (C=O) groups excluding carboxylic acids is 1. The van der Waals surface area contributed by atoms with Gasteiger partial charge in [0.25, 0.3) is 0 Å². The molecular weight excluding hydrogens is 533 g/mol. The van der Waals surface area contributed by atoms with Crippen LogP contribution in [0.25, 0.3) is 0 Å². The second kappa shape index (κ2) is 10.7. The number of anilines is 1. The van der Waals surface area contributed by atoms with E-state index in [2.05, 4.69) is 24.6 Å². The van der Waals surface area contributed by atoms with Crippen LogP contribution in [0.4, 0.5) is 19.0 Å². The van der Waals surface area contributed by atoms with Crippen LogP contribution >= 0.6 is 0 Å². The molecular formula is C22H23F3N6O6S. The van der Waals surface area contributed by atoms with Gasteiger partial charge in [-0.25, -0.2) is 15.1 Å². The Labute approximate surface area is 214 Å². The number of benzene rings is 1. The van der Waals surface area contributed by atoms with Crippen LogP contribution in [-0.4, -0.2) is 69.0 Å². The van der Waals surface area contributed by atoms with E-state index in [0.717, 1.165) is 12.1 Å². The van der Waals surface area contributed by atoms with E-state index in [1.165, 1.54) is 41.6 Å². The van der Waals surface area contributed by atoms with E-state index in [1.54, 1.807) is 0 Å². The molecule has 0 saturated heterocycles. The summed E-state index contributed by atoms with van der Waals surface area (Å²) in [6, 6.07) is 5.19. The van der Waals surface area contributed by atoms with Gasteiger partial charge in [0, 0.05) is 18.3 Å². The number of halogens is 3. The third-order valence-corrected chi connectivity index (χ3v) is 6.49. The van der Waals surface area contributed by atoms with Crippen LogP contribution in [0.15, 0.2) is 49.1 Å². The molecule has 0 spiro atoms. The molecule has 4 atom stereocenters. The van der Waals surface area contributed by atoms with Gasteiger partial charge in [0.1, 0.15) is 23.9 Å². The van der Waals surface area contributed by atoms with Gasteiger partial charge < -0.3 is 15.5 Å². The fourth-order valence-corrected chi connectivity index (χ4v) is 4.46. The molecule has 0 amide bonds. The number of ketones is 1. The highest BCUT2D eigenvalue weighted by Gasteiger charge is 2.42. The SMILES string of the molecule is NS(=O)(=O)OC[C@H]1C[C@@H](Nc2ncncc2C(=O)c2ccn(Cc3ccc(C(F)(F)F)cc3)n2)[C@H](O)[C@@H]1O. The molecule has 38 heavy (non-hydrogen) atoms. The van der Waals surface area contributed by atoms with Crippen molar-refractivity contribution < 1.29 is 40.8 Å². The second-order valence-electron chi connectivity index (χ2n) is 8.71. The minimum atomic E-state index is -4.44. The number of nitrogens with two attached hydrogens (primary N) is 1. The number of nitrogens with one attached hydrogen (secondary N) is 1. The summed E-state index contributed by atoms with van der Waals surface area (Å²) >= 11 is 0. The normalized spacial score (nSPS) is 21.9. The Bertz CT molecular complexity index is 1400. The predicted molar refractivity (Wildman–Crippen MR) is 125 cm³/mol. The Hall–Kier alpha value is -3.44. The third-order valence-electron chi connectivity index (χ3n) is 6.03. The average molecular weight is 557 g/mol. The largest absolute Gasteiger partial charge is 0.416 e. The first-order chi connectivity index (χ1) is 17.8. The molecule has 204 valence electrons. The molecule has 4 rings (SSSR count). The number of aliphatic hydroxyl groups is 2. The van der Waals surface area contributed by atoms with Crippen LogP contribution in [0.2, 0.25) is 0 Å². The van der Waals surface area contributed by atoms with E-state index in [1.807, 2.05) is 0 Å². The molecule has 16 heteroatoms. The molecule has 1 saturated carbocycles.